The summed E-state index contributed by atoms with van der Waals surface area (Å²) in [7, 11) is 0. The molecule has 12 rings (SSSR count). The van der Waals surface area contributed by atoms with Crippen LogP contribution in [0.25, 0.3) is 0 Å². The first-order valence-electron chi connectivity index (χ1n) is 28.0. The van der Waals surface area contributed by atoms with Gasteiger partial charge in [-0.1, -0.05) is 303 Å². The van der Waals surface area contributed by atoms with Crippen LogP contribution in [0.3, 0.4) is 0 Å². The molecule has 0 aliphatic carbocycles. The molecule has 0 saturated carbocycles. The van der Waals surface area contributed by atoms with Gasteiger partial charge < -0.3 is 10.2 Å². The van der Waals surface area contributed by atoms with Gasteiger partial charge in [0, 0.05) is 37.0 Å². The maximum absolute atomic E-state index is 12.4. The number of likely N-dealkylation sites (tertiary alicyclic amines) is 2. The largest absolute Gasteiger partial charge is 0.391 e. The Kier molecular flexibility index (Phi) is 16.4. The summed E-state index contributed by atoms with van der Waals surface area (Å²) in [5.41, 5.74) is 10.8. The SMILES string of the molecule is O[C@@H](C(c1ccccc1)c1ccccc1)[C@H]1CCCN1C(c1ccccc1)(c1ccccc1)c1ccccc1.O[C@H](C(c1ccccc1)c1ccccc1)[C@H]1CCCN1C(c1ccccc1)(c1ccccc1)c1ccccc1. The number of hydrogen-bond donors (Lipinski definition) is 2. The van der Waals surface area contributed by atoms with E-state index in [1.54, 1.807) is 0 Å². The van der Waals surface area contributed by atoms with Gasteiger partial charge in [-0.05, 0) is 81.3 Å². The third-order valence-electron chi connectivity index (χ3n) is 16.7. The van der Waals surface area contributed by atoms with Crippen molar-refractivity contribution < 1.29 is 10.2 Å². The number of nitrogens with zero attached hydrogens (tertiary/aromatic N) is 2. The molecule has 0 bridgehead atoms. The second-order valence-electron chi connectivity index (χ2n) is 21.0. The van der Waals surface area contributed by atoms with E-state index in [1.807, 2.05) is 24.3 Å². The molecule has 2 saturated heterocycles. The average molecular weight is 1020 g/mol. The van der Waals surface area contributed by atoms with Crippen molar-refractivity contribution in [3.8, 4) is 0 Å². The van der Waals surface area contributed by atoms with E-state index in [0.717, 1.165) is 61.0 Å². The molecule has 2 N–H and O–H groups in total. The average Bonchev–Trinajstić information content (AvgIpc) is 4.29. The van der Waals surface area contributed by atoms with Crippen molar-refractivity contribution in [2.45, 2.75) is 72.9 Å². The molecule has 4 heteroatoms. The Morgan fingerprint density at radius 3 is 0.641 bits per heavy atom. The minimum Gasteiger partial charge on any atom is -0.391 e. The lowest BCUT2D eigenvalue weighted by atomic mass is 9.74. The highest BCUT2D eigenvalue weighted by Gasteiger charge is 2.51. The Labute approximate surface area is 462 Å². The number of hydrogen-bond acceptors (Lipinski definition) is 4. The van der Waals surface area contributed by atoms with Crippen LogP contribution in [0.15, 0.2) is 303 Å². The van der Waals surface area contributed by atoms with Gasteiger partial charge in [-0.3, -0.25) is 9.80 Å². The van der Waals surface area contributed by atoms with E-state index in [-0.39, 0.29) is 23.9 Å². The zero-order valence-electron chi connectivity index (χ0n) is 44.4. The first-order valence-corrected chi connectivity index (χ1v) is 28.0. The maximum atomic E-state index is 12.4. The third kappa shape index (κ3) is 10.3. The summed E-state index contributed by atoms with van der Waals surface area (Å²) in [6.45, 7) is 1.80. The molecule has 4 atom stereocenters. The molecule has 10 aromatic carbocycles. The highest BCUT2D eigenvalue weighted by Crippen LogP contribution is 2.50. The second kappa shape index (κ2) is 24.6. The molecule has 2 aliphatic heterocycles. The molecule has 2 fully saturated rings. The quantitative estimate of drug-likeness (QED) is 0.0947. The van der Waals surface area contributed by atoms with Gasteiger partial charge in [-0.2, -0.15) is 0 Å². The summed E-state index contributed by atoms with van der Waals surface area (Å²) in [4.78, 5) is 5.19. The Bertz CT molecular complexity index is 2830. The Morgan fingerprint density at radius 2 is 0.449 bits per heavy atom. The Hall–Kier alpha value is -7.96. The molecular weight excluding hydrogens is 949 g/mol. The van der Waals surface area contributed by atoms with E-state index in [4.69, 9.17) is 0 Å². The van der Waals surface area contributed by atoms with Crippen molar-refractivity contribution in [1.29, 1.82) is 0 Å². The van der Waals surface area contributed by atoms with Crippen LogP contribution in [0.4, 0.5) is 0 Å². The molecule has 0 unspecified atom stereocenters. The predicted octanol–water partition coefficient (Wildman–Crippen LogP) is 15.3. The summed E-state index contributed by atoms with van der Waals surface area (Å²) in [5, 5.41) is 24.9. The van der Waals surface area contributed by atoms with Crippen LogP contribution in [-0.4, -0.2) is 57.4 Å². The fraction of sp³-hybridized carbons (Fsp3) is 0.189. The predicted molar refractivity (Wildman–Crippen MR) is 319 cm³/mol. The highest BCUT2D eigenvalue weighted by atomic mass is 16.3. The van der Waals surface area contributed by atoms with Gasteiger partial charge in [0.1, 0.15) is 0 Å². The van der Waals surface area contributed by atoms with Crippen molar-refractivity contribution in [2.75, 3.05) is 13.1 Å². The third-order valence-corrected chi connectivity index (χ3v) is 16.7. The molecule has 0 amide bonds. The summed E-state index contributed by atoms with van der Waals surface area (Å²) in [6.07, 6.45) is 2.76. The fourth-order valence-electron chi connectivity index (χ4n) is 13.5. The van der Waals surface area contributed by atoms with Gasteiger partial charge in [-0.25, -0.2) is 0 Å². The minimum atomic E-state index is -0.590. The van der Waals surface area contributed by atoms with E-state index in [9.17, 15) is 10.2 Å². The van der Waals surface area contributed by atoms with Crippen LogP contribution in [-0.2, 0) is 11.1 Å². The molecule has 0 spiro atoms. The van der Waals surface area contributed by atoms with Gasteiger partial charge in [0.05, 0.1) is 23.3 Å². The monoisotopic (exact) mass is 1020 g/mol. The fourth-order valence-corrected chi connectivity index (χ4v) is 13.5. The van der Waals surface area contributed by atoms with Gasteiger partial charge >= 0.3 is 0 Å². The lowest BCUT2D eigenvalue weighted by Crippen LogP contribution is -2.54. The van der Waals surface area contributed by atoms with Crippen LogP contribution in [0.1, 0.15) is 93.2 Å². The number of rotatable bonds is 16. The maximum Gasteiger partial charge on any atom is 0.0976 e. The standard InChI is InChI=1S/2C37H35NO/c2*39-36(35(29-17-6-1-7-18-29)30-19-8-2-9-20-30)34-27-16-28-38(34)37(31-21-10-3-11-22-31,32-23-12-4-13-24-32)33-25-14-5-15-26-33/h2*1-15,17-26,34-36,39H,16,27-28H2/t34-,36+;34-,36-/m11/s1. The zero-order valence-corrected chi connectivity index (χ0v) is 44.4. The van der Waals surface area contributed by atoms with Crippen LogP contribution < -0.4 is 0 Å². The molecule has 0 radical (unpaired) electrons. The molecule has 388 valence electrons. The van der Waals surface area contributed by atoms with E-state index in [1.165, 1.54) is 33.4 Å². The van der Waals surface area contributed by atoms with Crippen molar-refractivity contribution in [1.82, 2.24) is 9.80 Å². The normalized spacial score (nSPS) is 16.8. The van der Waals surface area contributed by atoms with Crippen molar-refractivity contribution >= 4 is 0 Å². The lowest BCUT2D eigenvalue weighted by Gasteiger charge is -2.48. The lowest BCUT2D eigenvalue weighted by molar-refractivity contribution is 0.0245. The van der Waals surface area contributed by atoms with Crippen molar-refractivity contribution in [2.24, 2.45) is 0 Å². The summed E-state index contributed by atoms with van der Waals surface area (Å²) in [5.74, 6) is -0.254. The molecule has 10 aromatic rings. The minimum absolute atomic E-state index is 0.0453. The number of aliphatic hydroxyl groups is 2. The van der Waals surface area contributed by atoms with Gasteiger partial charge in [0.25, 0.3) is 0 Å². The van der Waals surface area contributed by atoms with Gasteiger partial charge in [0.15, 0.2) is 0 Å². The summed E-state index contributed by atoms with van der Waals surface area (Å²) < 4.78 is 0. The number of aliphatic hydroxyl groups excluding tert-OH is 2. The van der Waals surface area contributed by atoms with Crippen LogP contribution in [0, 0.1) is 0 Å². The van der Waals surface area contributed by atoms with E-state index in [0.29, 0.717) is 0 Å². The molecule has 78 heavy (non-hydrogen) atoms. The van der Waals surface area contributed by atoms with E-state index in [2.05, 4.69) is 289 Å². The van der Waals surface area contributed by atoms with Crippen LogP contribution in [0.5, 0.6) is 0 Å². The van der Waals surface area contributed by atoms with E-state index < -0.39 is 23.3 Å². The molecule has 2 aliphatic rings. The van der Waals surface area contributed by atoms with Crippen molar-refractivity contribution in [3.05, 3.63) is 359 Å². The molecule has 0 aromatic heterocycles. The molecular formula is C74H70N2O2. The van der Waals surface area contributed by atoms with Gasteiger partial charge in [-0.15, -0.1) is 0 Å². The summed E-state index contributed by atoms with van der Waals surface area (Å²) >= 11 is 0. The first-order chi connectivity index (χ1) is 38.6. The van der Waals surface area contributed by atoms with Crippen molar-refractivity contribution in [3.63, 3.8) is 0 Å². The van der Waals surface area contributed by atoms with Crippen LogP contribution in [0.2, 0.25) is 0 Å². The van der Waals surface area contributed by atoms with Gasteiger partial charge in [0.2, 0.25) is 0 Å². The zero-order chi connectivity index (χ0) is 53.0. The first kappa shape index (κ1) is 52.1. The Morgan fingerprint density at radius 1 is 0.269 bits per heavy atom. The Balaban J connectivity index is 0.000000165. The smallest absolute Gasteiger partial charge is 0.0976 e. The topological polar surface area (TPSA) is 46.9 Å². The second-order valence-corrected chi connectivity index (χ2v) is 21.0. The summed E-state index contributed by atoms with van der Waals surface area (Å²) in [6, 6.07) is 107. The number of benzene rings is 10. The molecule has 2 heterocycles. The highest BCUT2D eigenvalue weighted by molar-refractivity contribution is 5.52. The van der Waals surface area contributed by atoms with Crippen LogP contribution >= 0.6 is 0 Å². The molecule has 4 nitrogen and oxygen atoms in total. The van der Waals surface area contributed by atoms with E-state index >= 15 is 0 Å².